The summed E-state index contributed by atoms with van der Waals surface area (Å²) in [5.74, 6) is -2.13. The average Bonchev–Trinajstić information content (AvgIpc) is 2.97. The number of morpholine rings is 1. The second-order valence-electron chi connectivity index (χ2n) is 6.02. The van der Waals surface area contributed by atoms with E-state index in [2.05, 4.69) is 10.3 Å². The van der Waals surface area contributed by atoms with E-state index in [-0.39, 0.29) is 23.8 Å². The van der Waals surface area contributed by atoms with E-state index < -0.39 is 29.9 Å². The van der Waals surface area contributed by atoms with E-state index in [0.29, 0.717) is 11.4 Å². The van der Waals surface area contributed by atoms with Gasteiger partial charge in [-0.25, -0.2) is 13.9 Å². The Labute approximate surface area is 153 Å². The minimum absolute atomic E-state index is 0.0726. The SMILES string of the molecule is Cc1c(C(=O)N2CC(C(=O)O)O[C@H](C)C2)nnn1-c1ccc(F)c(Cl)c1. The third-order valence-electron chi connectivity index (χ3n) is 4.07. The number of carboxylic acids is 1. The predicted octanol–water partition coefficient (Wildman–Crippen LogP) is 1.68. The fourth-order valence-corrected chi connectivity index (χ4v) is 2.97. The summed E-state index contributed by atoms with van der Waals surface area (Å²) in [5.41, 5.74) is 0.978. The molecule has 1 aromatic heterocycles. The second kappa shape index (κ2) is 7.00. The van der Waals surface area contributed by atoms with Crippen molar-refractivity contribution >= 4 is 23.5 Å². The zero-order valence-electron chi connectivity index (χ0n) is 14.0. The highest BCUT2D eigenvalue weighted by atomic mass is 35.5. The monoisotopic (exact) mass is 382 g/mol. The Balaban J connectivity index is 1.88. The highest BCUT2D eigenvalue weighted by Crippen LogP contribution is 2.21. The molecule has 138 valence electrons. The van der Waals surface area contributed by atoms with Crippen LogP contribution in [0.25, 0.3) is 5.69 Å². The summed E-state index contributed by atoms with van der Waals surface area (Å²) in [4.78, 5) is 25.3. The second-order valence-corrected chi connectivity index (χ2v) is 6.42. The van der Waals surface area contributed by atoms with Gasteiger partial charge >= 0.3 is 5.97 Å². The molecule has 10 heteroatoms. The van der Waals surface area contributed by atoms with E-state index in [1.165, 1.54) is 27.8 Å². The zero-order chi connectivity index (χ0) is 19.0. The van der Waals surface area contributed by atoms with Gasteiger partial charge in [0.25, 0.3) is 5.91 Å². The number of ether oxygens (including phenoxy) is 1. The number of aromatic nitrogens is 3. The summed E-state index contributed by atoms with van der Waals surface area (Å²) >= 11 is 5.79. The van der Waals surface area contributed by atoms with Gasteiger partial charge in [0.15, 0.2) is 11.8 Å². The van der Waals surface area contributed by atoms with E-state index in [4.69, 9.17) is 21.4 Å². The van der Waals surface area contributed by atoms with Crippen molar-refractivity contribution in [2.45, 2.75) is 26.1 Å². The Morgan fingerprint density at radius 1 is 1.38 bits per heavy atom. The topological polar surface area (TPSA) is 97.6 Å². The molecule has 0 saturated carbocycles. The van der Waals surface area contributed by atoms with E-state index in [9.17, 15) is 14.0 Å². The number of hydrogen-bond acceptors (Lipinski definition) is 5. The number of halogens is 2. The lowest BCUT2D eigenvalue weighted by Crippen LogP contribution is -2.52. The molecule has 0 aliphatic carbocycles. The number of hydrogen-bond donors (Lipinski definition) is 1. The molecule has 1 saturated heterocycles. The molecule has 2 atom stereocenters. The van der Waals surface area contributed by atoms with Crippen molar-refractivity contribution in [3.05, 3.63) is 40.4 Å². The Morgan fingerprint density at radius 2 is 2.12 bits per heavy atom. The van der Waals surface area contributed by atoms with E-state index >= 15 is 0 Å². The highest BCUT2D eigenvalue weighted by Gasteiger charge is 2.34. The molecule has 26 heavy (non-hydrogen) atoms. The van der Waals surface area contributed by atoms with Crippen LogP contribution < -0.4 is 0 Å². The molecule has 1 aromatic carbocycles. The van der Waals surface area contributed by atoms with Crippen LogP contribution in [-0.2, 0) is 9.53 Å². The molecule has 1 amide bonds. The molecule has 2 heterocycles. The van der Waals surface area contributed by atoms with Crippen molar-refractivity contribution in [2.75, 3.05) is 13.1 Å². The van der Waals surface area contributed by atoms with Crippen molar-refractivity contribution < 1.29 is 23.8 Å². The van der Waals surface area contributed by atoms with Gasteiger partial charge in [0.05, 0.1) is 29.1 Å². The summed E-state index contributed by atoms with van der Waals surface area (Å²) in [6, 6.07) is 4.04. The molecule has 8 nitrogen and oxygen atoms in total. The van der Waals surface area contributed by atoms with Gasteiger partial charge in [-0.2, -0.15) is 0 Å². The lowest BCUT2D eigenvalue weighted by molar-refractivity contribution is -0.160. The van der Waals surface area contributed by atoms with Crippen molar-refractivity contribution in [3.8, 4) is 5.69 Å². The van der Waals surface area contributed by atoms with E-state index in [0.717, 1.165) is 0 Å². The number of rotatable bonds is 3. The lowest BCUT2D eigenvalue weighted by Gasteiger charge is -2.34. The molecule has 0 radical (unpaired) electrons. The maximum atomic E-state index is 13.3. The number of carbonyl (C=O) groups is 2. The normalized spacial score (nSPS) is 20.2. The van der Waals surface area contributed by atoms with Crippen LogP contribution in [-0.4, -0.2) is 62.2 Å². The number of nitrogens with zero attached hydrogens (tertiary/aromatic N) is 4. The van der Waals surface area contributed by atoms with Gasteiger partial charge in [0, 0.05) is 6.54 Å². The van der Waals surface area contributed by atoms with Crippen LogP contribution in [0.5, 0.6) is 0 Å². The smallest absolute Gasteiger partial charge is 0.334 e. The van der Waals surface area contributed by atoms with Crippen LogP contribution in [0.1, 0.15) is 23.1 Å². The van der Waals surface area contributed by atoms with Crippen LogP contribution in [0.2, 0.25) is 5.02 Å². The van der Waals surface area contributed by atoms with Crippen molar-refractivity contribution in [2.24, 2.45) is 0 Å². The number of carboxylic acid groups (broad SMARTS) is 1. The van der Waals surface area contributed by atoms with Crippen LogP contribution in [0.3, 0.4) is 0 Å². The van der Waals surface area contributed by atoms with Gasteiger partial charge in [-0.15, -0.1) is 5.10 Å². The van der Waals surface area contributed by atoms with Gasteiger partial charge in [-0.3, -0.25) is 4.79 Å². The van der Waals surface area contributed by atoms with Crippen molar-refractivity contribution in [3.63, 3.8) is 0 Å². The Hall–Kier alpha value is -2.52. The molecular weight excluding hydrogens is 367 g/mol. The molecule has 1 fully saturated rings. The first-order valence-corrected chi connectivity index (χ1v) is 8.21. The third kappa shape index (κ3) is 3.40. The summed E-state index contributed by atoms with van der Waals surface area (Å²) in [6.45, 7) is 3.51. The van der Waals surface area contributed by atoms with Gasteiger partial charge in [-0.1, -0.05) is 16.8 Å². The van der Waals surface area contributed by atoms with Crippen LogP contribution in [0, 0.1) is 12.7 Å². The maximum Gasteiger partial charge on any atom is 0.334 e. The minimum atomic E-state index is -1.13. The van der Waals surface area contributed by atoms with E-state index in [1.807, 2.05) is 0 Å². The first-order valence-electron chi connectivity index (χ1n) is 7.83. The van der Waals surface area contributed by atoms with E-state index in [1.54, 1.807) is 13.8 Å². The molecule has 1 N–H and O–H groups in total. The fraction of sp³-hybridized carbons (Fsp3) is 0.375. The number of amides is 1. The predicted molar refractivity (Wildman–Crippen MR) is 88.9 cm³/mol. The standard InChI is InChI=1S/C16H16ClFN4O4/c1-8-6-21(7-13(26-8)16(24)25)15(23)14-9(2)22(20-19-14)10-3-4-12(18)11(17)5-10/h3-5,8,13H,6-7H2,1-2H3,(H,24,25)/t8-,13?/m1/s1. The summed E-state index contributed by atoms with van der Waals surface area (Å²) in [6.07, 6.45) is -1.51. The number of benzene rings is 1. The lowest BCUT2D eigenvalue weighted by atomic mass is 10.2. The number of carbonyl (C=O) groups excluding carboxylic acids is 1. The average molecular weight is 383 g/mol. The van der Waals surface area contributed by atoms with Gasteiger partial charge in [0.2, 0.25) is 0 Å². The summed E-state index contributed by atoms with van der Waals surface area (Å²) in [7, 11) is 0. The maximum absolute atomic E-state index is 13.3. The zero-order valence-corrected chi connectivity index (χ0v) is 14.8. The molecule has 1 aliphatic rings. The van der Waals surface area contributed by atoms with Gasteiger partial charge in [0.1, 0.15) is 5.82 Å². The van der Waals surface area contributed by atoms with Gasteiger partial charge < -0.3 is 14.7 Å². The molecule has 1 unspecified atom stereocenters. The molecule has 3 rings (SSSR count). The quantitative estimate of drug-likeness (QED) is 0.867. The fourth-order valence-electron chi connectivity index (χ4n) is 2.79. The van der Waals surface area contributed by atoms with Gasteiger partial charge in [-0.05, 0) is 32.0 Å². The van der Waals surface area contributed by atoms with Crippen molar-refractivity contribution in [1.82, 2.24) is 19.9 Å². The molecule has 0 spiro atoms. The molecular formula is C16H16ClFN4O4. The first-order chi connectivity index (χ1) is 12.3. The minimum Gasteiger partial charge on any atom is -0.479 e. The highest BCUT2D eigenvalue weighted by molar-refractivity contribution is 6.30. The summed E-state index contributed by atoms with van der Waals surface area (Å²) in [5, 5.41) is 16.9. The summed E-state index contributed by atoms with van der Waals surface area (Å²) < 4.78 is 20.0. The Bertz CT molecular complexity index is 872. The van der Waals surface area contributed by atoms with Crippen molar-refractivity contribution in [1.29, 1.82) is 0 Å². The van der Waals surface area contributed by atoms with Crippen LogP contribution in [0.15, 0.2) is 18.2 Å². The number of aliphatic carboxylic acids is 1. The Morgan fingerprint density at radius 3 is 2.77 bits per heavy atom. The largest absolute Gasteiger partial charge is 0.479 e. The Kier molecular flexibility index (Phi) is 4.92. The first kappa shape index (κ1) is 18.3. The third-order valence-corrected chi connectivity index (χ3v) is 4.36. The molecule has 1 aliphatic heterocycles. The van der Waals surface area contributed by atoms with Crippen LogP contribution in [0.4, 0.5) is 4.39 Å². The van der Waals surface area contributed by atoms with Crippen LogP contribution >= 0.6 is 11.6 Å². The molecule has 2 aromatic rings. The molecule has 0 bridgehead atoms.